The number of fused-ring (bicyclic) bond motifs is 1. The van der Waals surface area contributed by atoms with Crippen molar-refractivity contribution in [1.82, 2.24) is 0 Å². The normalized spacial score (nSPS) is 16.4. The Kier molecular flexibility index (Phi) is 4.09. The van der Waals surface area contributed by atoms with E-state index in [1.807, 2.05) is 11.8 Å². The smallest absolute Gasteiger partial charge is 0.102 e. The van der Waals surface area contributed by atoms with Gasteiger partial charge in [0, 0.05) is 28.2 Å². The minimum Gasteiger partial charge on any atom is -0.370 e. The summed E-state index contributed by atoms with van der Waals surface area (Å²) in [6, 6.07) is 13.3. The van der Waals surface area contributed by atoms with Crippen molar-refractivity contribution in [3.8, 4) is 17.2 Å². The summed E-state index contributed by atoms with van der Waals surface area (Å²) >= 11 is 5.41. The molecule has 1 fully saturated rings. The summed E-state index contributed by atoms with van der Waals surface area (Å²) < 4.78 is 1.10. The maximum atomic E-state index is 9.75. The van der Waals surface area contributed by atoms with E-state index in [0.29, 0.717) is 0 Å². The molecule has 0 aromatic heterocycles. The van der Waals surface area contributed by atoms with Crippen molar-refractivity contribution >= 4 is 33.4 Å². The molecule has 4 heteroatoms. The molecule has 2 aliphatic rings. The van der Waals surface area contributed by atoms with Crippen molar-refractivity contribution in [2.24, 2.45) is 0 Å². The summed E-state index contributed by atoms with van der Waals surface area (Å²) in [4.78, 5) is 3.70. The number of hydrogen-bond donors (Lipinski definition) is 0. The molecule has 0 spiro atoms. The summed E-state index contributed by atoms with van der Waals surface area (Å²) in [5, 5.41) is 9.75. The summed E-state index contributed by atoms with van der Waals surface area (Å²) in [7, 11) is 0. The zero-order chi connectivity index (χ0) is 15.8. The SMILES string of the molecule is N#Cc1c(N2CCCC2)cc(-c2ccc(Br)cc2)c2c1CCS2. The highest BCUT2D eigenvalue weighted by Gasteiger charge is 2.26. The van der Waals surface area contributed by atoms with Crippen molar-refractivity contribution in [2.45, 2.75) is 24.2 Å². The molecular formula is C19H17BrN2S. The highest BCUT2D eigenvalue weighted by molar-refractivity contribution is 9.10. The quantitative estimate of drug-likeness (QED) is 0.708. The van der Waals surface area contributed by atoms with Gasteiger partial charge >= 0.3 is 0 Å². The van der Waals surface area contributed by atoms with Crippen LogP contribution in [0.5, 0.6) is 0 Å². The fourth-order valence-corrected chi connectivity index (χ4v) is 5.03. The lowest BCUT2D eigenvalue weighted by Gasteiger charge is -2.23. The van der Waals surface area contributed by atoms with Crippen molar-refractivity contribution in [3.05, 3.63) is 45.9 Å². The van der Waals surface area contributed by atoms with Crippen molar-refractivity contribution in [2.75, 3.05) is 23.7 Å². The molecule has 1 saturated heterocycles. The van der Waals surface area contributed by atoms with Gasteiger partial charge in [-0.25, -0.2) is 0 Å². The molecule has 116 valence electrons. The number of halogens is 1. The predicted octanol–water partition coefficient (Wildman–Crippen LogP) is 5.24. The van der Waals surface area contributed by atoms with Crippen LogP contribution in [-0.2, 0) is 6.42 Å². The van der Waals surface area contributed by atoms with Gasteiger partial charge in [-0.15, -0.1) is 11.8 Å². The molecule has 23 heavy (non-hydrogen) atoms. The Balaban J connectivity index is 1.92. The second-order valence-electron chi connectivity index (χ2n) is 6.04. The van der Waals surface area contributed by atoms with Gasteiger partial charge in [-0.3, -0.25) is 0 Å². The first-order valence-corrected chi connectivity index (χ1v) is 9.79. The molecule has 0 unspecified atom stereocenters. The molecule has 0 N–H and O–H groups in total. The molecule has 2 aliphatic heterocycles. The van der Waals surface area contributed by atoms with E-state index in [9.17, 15) is 5.26 Å². The Bertz CT molecular complexity index is 786. The molecular weight excluding hydrogens is 368 g/mol. The first-order chi connectivity index (χ1) is 11.3. The monoisotopic (exact) mass is 384 g/mol. The lowest BCUT2D eigenvalue weighted by molar-refractivity contribution is 0.949. The van der Waals surface area contributed by atoms with Gasteiger partial charge in [-0.05, 0) is 54.2 Å². The third kappa shape index (κ3) is 2.66. The van der Waals surface area contributed by atoms with Gasteiger partial charge in [0.1, 0.15) is 6.07 Å². The molecule has 0 bridgehead atoms. The summed E-state index contributed by atoms with van der Waals surface area (Å²) in [5.74, 6) is 1.08. The number of anilines is 1. The van der Waals surface area contributed by atoms with Gasteiger partial charge in [0.2, 0.25) is 0 Å². The molecule has 0 radical (unpaired) electrons. The lowest BCUT2D eigenvalue weighted by atomic mass is 9.96. The highest BCUT2D eigenvalue weighted by atomic mass is 79.9. The standard InChI is InChI=1S/C19H17BrN2S/c20-14-5-3-13(4-6-14)16-11-18(22-8-1-2-9-22)17(12-21)15-7-10-23-19(15)16/h3-6,11H,1-2,7-10H2. The minimum atomic E-state index is 0.910. The van der Waals surface area contributed by atoms with Gasteiger partial charge < -0.3 is 4.90 Å². The van der Waals surface area contributed by atoms with E-state index in [1.54, 1.807) is 0 Å². The Labute approximate surface area is 149 Å². The van der Waals surface area contributed by atoms with Crippen LogP contribution in [0.4, 0.5) is 5.69 Å². The van der Waals surface area contributed by atoms with Crippen molar-refractivity contribution in [1.29, 1.82) is 5.26 Å². The number of hydrogen-bond acceptors (Lipinski definition) is 3. The lowest BCUT2D eigenvalue weighted by Crippen LogP contribution is -2.19. The van der Waals surface area contributed by atoms with E-state index in [-0.39, 0.29) is 0 Å². The fourth-order valence-electron chi connectivity index (χ4n) is 3.54. The summed E-state index contributed by atoms with van der Waals surface area (Å²) in [6.45, 7) is 2.14. The molecule has 0 amide bonds. The number of nitrogens with zero attached hydrogens (tertiary/aromatic N) is 2. The summed E-state index contributed by atoms with van der Waals surface area (Å²) in [6.07, 6.45) is 3.46. The summed E-state index contributed by atoms with van der Waals surface area (Å²) in [5.41, 5.74) is 5.84. The highest BCUT2D eigenvalue weighted by Crippen LogP contribution is 2.45. The molecule has 2 aromatic carbocycles. The predicted molar refractivity (Wildman–Crippen MR) is 100 cm³/mol. The third-order valence-electron chi connectivity index (χ3n) is 4.67. The van der Waals surface area contributed by atoms with E-state index in [1.165, 1.54) is 34.4 Å². The topological polar surface area (TPSA) is 27.0 Å². The number of benzene rings is 2. The fraction of sp³-hybridized carbons (Fsp3) is 0.316. The Morgan fingerprint density at radius 3 is 2.57 bits per heavy atom. The third-order valence-corrected chi connectivity index (χ3v) is 6.36. The largest absolute Gasteiger partial charge is 0.370 e. The second-order valence-corrected chi connectivity index (χ2v) is 8.06. The van der Waals surface area contributed by atoms with Gasteiger partial charge in [0.25, 0.3) is 0 Å². The Hall–Kier alpha value is -1.44. The zero-order valence-corrected chi connectivity index (χ0v) is 15.2. The average Bonchev–Trinajstić information content (AvgIpc) is 3.25. The molecule has 0 saturated carbocycles. The van der Waals surface area contributed by atoms with Crippen LogP contribution in [-0.4, -0.2) is 18.8 Å². The van der Waals surface area contributed by atoms with Gasteiger partial charge in [0.15, 0.2) is 0 Å². The van der Waals surface area contributed by atoms with Crippen LogP contribution in [0.2, 0.25) is 0 Å². The first-order valence-electron chi connectivity index (χ1n) is 8.01. The van der Waals surface area contributed by atoms with Crippen LogP contribution in [0.15, 0.2) is 39.7 Å². The first kappa shape index (κ1) is 15.1. The van der Waals surface area contributed by atoms with E-state index in [4.69, 9.17) is 0 Å². The van der Waals surface area contributed by atoms with E-state index in [2.05, 4.69) is 57.2 Å². The van der Waals surface area contributed by atoms with Crippen LogP contribution < -0.4 is 4.90 Å². The van der Waals surface area contributed by atoms with Crippen LogP contribution in [0, 0.1) is 11.3 Å². The van der Waals surface area contributed by atoms with Gasteiger partial charge in [-0.1, -0.05) is 28.1 Å². The van der Waals surface area contributed by atoms with Gasteiger partial charge in [-0.2, -0.15) is 5.26 Å². The molecule has 4 rings (SSSR count). The van der Waals surface area contributed by atoms with E-state index < -0.39 is 0 Å². The average molecular weight is 385 g/mol. The molecule has 2 heterocycles. The van der Waals surface area contributed by atoms with Crippen LogP contribution in [0.1, 0.15) is 24.0 Å². The number of nitriles is 1. The molecule has 2 aromatic rings. The maximum Gasteiger partial charge on any atom is 0.102 e. The second kappa shape index (κ2) is 6.22. The number of rotatable bonds is 2. The van der Waals surface area contributed by atoms with E-state index in [0.717, 1.165) is 41.0 Å². The Morgan fingerprint density at radius 1 is 1.13 bits per heavy atom. The molecule has 0 atom stereocenters. The molecule has 0 aliphatic carbocycles. The number of thioether (sulfide) groups is 1. The van der Waals surface area contributed by atoms with Gasteiger partial charge in [0.05, 0.1) is 11.3 Å². The van der Waals surface area contributed by atoms with Crippen molar-refractivity contribution < 1.29 is 0 Å². The molecule has 2 nitrogen and oxygen atoms in total. The van der Waals surface area contributed by atoms with Crippen LogP contribution >= 0.6 is 27.7 Å². The zero-order valence-electron chi connectivity index (χ0n) is 12.8. The van der Waals surface area contributed by atoms with Crippen LogP contribution in [0.25, 0.3) is 11.1 Å². The van der Waals surface area contributed by atoms with Crippen molar-refractivity contribution in [3.63, 3.8) is 0 Å². The minimum absolute atomic E-state index is 0.910. The van der Waals surface area contributed by atoms with Crippen LogP contribution in [0.3, 0.4) is 0 Å². The maximum absolute atomic E-state index is 9.75. The van der Waals surface area contributed by atoms with E-state index >= 15 is 0 Å². The Morgan fingerprint density at radius 2 is 1.87 bits per heavy atom.